The van der Waals surface area contributed by atoms with Crippen molar-refractivity contribution in [1.82, 2.24) is 15.5 Å². The van der Waals surface area contributed by atoms with Crippen molar-refractivity contribution in [1.29, 1.82) is 0 Å². The highest BCUT2D eigenvalue weighted by Crippen LogP contribution is 2.33. The Morgan fingerprint density at radius 1 is 1.38 bits per heavy atom. The zero-order chi connectivity index (χ0) is 15.6. The van der Waals surface area contributed by atoms with E-state index in [1.165, 1.54) is 0 Å². The van der Waals surface area contributed by atoms with Crippen LogP contribution in [0.25, 0.3) is 0 Å². The van der Waals surface area contributed by atoms with Crippen LogP contribution in [0.5, 0.6) is 0 Å². The zero-order valence-electron chi connectivity index (χ0n) is 11.8. The molecule has 1 aromatic carbocycles. The van der Waals surface area contributed by atoms with Gasteiger partial charge < -0.3 is 10.6 Å². The van der Waals surface area contributed by atoms with Crippen molar-refractivity contribution >= 4 is 33.8 Å². The van der Waals surface area contributed by atoms with Crippen LogP contribution in [-0.2, 0) is 15.1 Å². The van der Waals surface area contributed by atoms with Crippen LogP contribution in [0.3, 0.4) is 0 Å². The summed E-state index contributed by atoms with van der Waals surface area (Å²) in [6, 6.07) is 6.61. The van der Waals surface area contributed by atoms with E-state index in [1.807, 2.05) is 6.07 Å². The highest BCUT2D eigenvalue weighted by atomic mass is 79.9. The van der Waals surface area contributed by atoms with Gasteiger partial charge in [0.2, 0.25) is 5.91 Å². The lowest BCUT2D eigenvalue weighted by Gasteiger charge is -2.23. The van der Waals surface area contributed by atoms with Gasteiger partial charge in [-0.3, -0.25) is 14.5 Å². The molecule has 1 aliphatic rings. The van der Waals surface area contributed by atoms with Crippen LogP contribution in [0.1, 0.15) is 19.4 Å². The highest BCUT2D eigenvalue weighted by molar-refractivity contribution is 9.10. The monoisotopic (exact) mass is 353 g/mol. The number of nitrogens with zero attached hydrogens (tertiary/aromatic N) is 1. The molecule has 0 aliphatic carbocycles. The fraction of sp³-hybridized carbons (Fsp3) is 0.357. The lowest BCUT2D eigenvalue weighted by atomic mass is 9.92. The van der Waals surface area contributed by atoms with E-state index in [-0.39, 0.29) is 12.5 Å². The molecule has 1 heterocycles. The number of rotatable bonds is 4. The first-order chi connectivity index (χ1) is 9.90. The van der Waals surface area contributed by atoms with Gasteiger partial charge in [0.05, 0.1) is 0 Å². The number of carbonyl (C=O) groups excluding carboxylic acids is 3. The number of nitrogens with one attached hydrogen (secondary N) is 2. The van der Waals surface area contributed by atoms with Gasteiger partial charge in [-0.05, 0) is 19.9 Å². The maximum Gasteiger partial charge on any atom is 0.325 e. The molecule has 0 aromatic heterocycles. The number of imide groups is 1. The van der Waals surface area contributed by atoms with Crippen LogP contribution in [0.15, 0.2) is 28.7 Å². The standard InChI is InChI=1S/C14H16BrN3O3/c1-3-16-11(19)8-18-12(20)14(2,17-13(18)21)9-6-4-5-7-10(9)15/h4-7H,3,8H2,1-2H3,(H,16,19)(H,17,21). The smallest absolute Gasteiger partial charge is 0.325 e. The predicted molar refractivity (Wildman–Crippen MR) is 80.4 cm³/mol. The third kappa shape index (κ3) is 2.78. The molecule has 1 fully saturated rings. The first-order valence-corrected chi connectivity index (χ1v) is 7.35. The molecule has 2 N–H and O–H groups in total. The number of urea groups is 1. The Labute approximate surface area is 131 Å². The Morgan fingerprint density at radius 2 is 2.05 bits per heavy atom. The Hall–Kier alpha value is -1.89. The summed E-state index contributed by atoms with van der Waals surface area (Å²) in [6.07, 6.45) is 0. The molecular formula is C14H16BrN3O3. The number of halogens is 1. The second-order valence-corrected chi connectivity index (χ2v) is 5.73. The summed E-state index contributed by atoms with van der Waals surface area (Å²) in [7, 11) is 0. The minimum atomic E-state index is -1.18. The van der Waals surface area contributed by atoms with E-state index in [0.717, 1.165) is 9.37 Å². The Bertz CT molecular complexity index is 605. The van der Waals surface area contributed by atoms with Crippen LogP contribution in [0.2, 0.25) is 0 Å². The Kier molecular flexibility index (Phi) is 4.32. The summed E-state index contributed by atoms with van der Waals surface area (Å²) in [5, 5.41) is 5.23. The van der Waals surface area contributed by atoms with Crippen molar-refractivity contribution in [2.45, 2.75) is 19.4 Å². The van der Waals surface area contributed by atoms with Gasteiger partial charge in [-0.15, -0.1) is 0 Å². The quantitative estimate of drug-likeness (QED) is 0.802. The predicted octanol–water partition coefficient (Wildman–Crippen LogP) is 1.35. The molecule has 0 bridgehead atoms. The second-order valence-electron chi connectivity index (χ2n) is 4.88. The van der Waals surface area contributed by atoms with Crippen LogP contribution in [0.4, 0.5) is 4.79 Å². The van der Waals surface area contributed by atoms with Gasteiger partial charge in [0.1, 0.15) is 12.1 Å². The molecule has 1 unspecified atom stereocenters. The molecule has 0 spiro atoms. The van der Waals surface area contributed by atoms with Crippen LogP contribution < -0.4 is 10.6 Å². The van der Waals surface area contributed by atoms with Crippen molar-refractivity contribution in [3.8, 4) is 0 Å². The summed E-state index contributed by atoms with van der Waals surface area (Å²) in [6.45, 7) is 3.57. The molecule has 1 atom stereocenters. The van der Waals surface area contributed by atoms with Crippen molar-refractivity contribution in [2.24, 2.45) is 0 Å². The Balaban J connectivity index is 2.29. The average Bonchev–Trinajstić information content (AvgIpc) is 2.64. The maximum absolute atomic E-state index is 12.6. The molecule has 1 aromatic rings. The molecule has 0 saturated carbocycles. The summed E-state index contributed by atoms with van der Waals surface area (Å²) < 4.78 is 0.723. The highest BCUT2D eigenvalue weighted by Gasteiger charge is 2.50. The van der Waals surface area contributed by atoms with Gasteiger partial charge in [0.15, 0.2) is 0 Å². The van der Waals surface area contributed by atoms with Gasteiger partial charge in [-0.2, -0.15) is 0 Å². The van der Waals surface area contributed by atoms with Crippen molar-refractivity contribution in [3.05, 3.63) is 34.3 Å². The average molecular weight is 354 g/mol. The number of carbonyl (C=O) groups is 3. The summed E-state index contributed by atoms with van der Waals surface area (Å²) in [5.41, 5.74) is -0.523. The second kappa shape index (κ2) is 5.85. The van der Waals surface area contributed by atoms with E-state index in [2.05, 4.69) is 26.6 Å². The number of hydrogen-bond acceptors (Lipinski definition) is 3. The summed E-state index contributed by atoms with van der Waals surface area (Å²) in [4.78, 5) is 37.1. The molecule has 7 heteroatoms. The maximum atomic E-state index is 12.6. The Morgan fingerprint density at radius 3 is 2.67 bits per heavy atom. The SMILES string of the molecule is CCNC(=O)CN1C(=O)NC(C)(c2ccccc2Br)C1=O. The van der Waals surface area contributed by atoms with E-state index >= 15 is 0 Å². The molecule has 2 rings (SSSR count). The van der Waals surface area contributed by atoms with E-state index < -0.39 is 17.5 Å². The van der Waals surface area contributed by atoms with Crippen LogP contribution in [0, 0.1) is 0 Å². The van der Waals surface area contributed by atoms with Crippen LogP contribution >= 0.6 is 15.9 Å². The van der Waals surface area contributed by atoms with E-state index in [0.29, 0.717) is 12.1 Å². The third-order valence-electron chi connectivity index (χ3n) is 3.36. The minimum Gasteiger partial charge on any atom is -0.355 e. The number of likely N-dealkylation sites (N-methyl/N-ethyl adjacent to an activating group) is 1. The topological polar surface area (TPSA) is 78.5 Å². The lowest BCUT2D eigenvalue weighted by molar-refractivity contribution is -0.134. The van der Waals surface area contributed by atoms with Gasteiger partial charge >= 0.3 is 6.03 Å². The molecule has 0 radical (unpaired) electrons. The molecular weight excluding hydrogens is 338 g/mol. The number of hydrogen-bond donors (Lipinski definition) is 2. The number of amides is 4. The molecule has 21 heavy (non-hydrogen) atoms. The summed E-state index contributed by atoms with van der Waals surface area (Å²) >= 11 is 3.38. The number of benzene rings is 1. The fourth-order valence-corrected chi connectivity index (χ4v) is 2.97. The molecule has 112 valence electrons. The van der Waals surface area contributed by atoms with E-state index in [1.54, 1.807) is 32.0 Å². The fourth-order valence-electron chi connectivity index (χ4n) is 2.29. The van der Waals surface area contributed by atoms with E-state index in [4.69, 9.17) is 0 Å². The minimum absolute atomic E-state index is 0.279. The molecule has 6 nitrogen and oxygen atoms in total. The van der Waals surface area contributed by atoms with Crippen molar-refractivity contribution < 1.29 is 14.4 Å². The summed E-state index contributed by atoms with van der Waals surface area (Å²) in [5.74, 6) is -0.803. The van der Waals surface area contributed by atoms with Gasteiger partial charge in [0.25, 0.3) is 5.91 Å². The molecule has 1 saturated heterocycles. The van der Waals surface area contributed by atoms with Crippen LogP contribution in [-0.4, -0.2) is 35.8 Å². The van der Waals surface area contributed by atoms with Crippen molar-refractivity contribution in [2.75, 3.05) is 13.1 Å². The molecule has 4 amide bonds. The lowest BCUT2D eigenvalue weighted by Crippen LogP contribution is -2.43. The normalized spacial score (nSPS) is 21.4. The van der Waals surface area contributed by atoms with Crippen molar-refractivity contribution in [3.63, 3.8) is 0 Å². The third-order valence-corrected chi connectivity index (χ3v) is 4.05. The van der Waals surface area contributed by atoms with E-state index in [9.17, 15) is 14.4 Å². The first kappa shape index (κ1) is 15.5. The molecule has 1 aliphatic heterocycles. The zero-order valence-corrected chi connectivity index (χ0v) is 13.4. The van der Waals surface area contributed by atoms with Gasteiger partial charge in [-0.25, -0.2) is 4.79 Å². The largest absolute Gasteiger partial charge is 0.355 e. The van der Waals surface area contributed by atoms with Gasteiger partial charge in [-0.1, -0.05) is 34.1 Å². The van der Waals surface area contributed by atoms with Gasteiger partial charge in [0, 0.05) is 16.6 Å². The first-order valence-electron chi connectivity index (χ1n) is 6.56.